The molecule has 25 heavy (non-hydrogen) atoms. The summed E-state index contributed by atoms with van der Waals surface area (Å²) < 4.78 is 38.6. The summed E-state index contributed by atoms with van der Waals surface area (Å²) in [5.41, 5.74) is 0. The third kappa shape index (κ3) is 7.18. The minimum atomic E-state index is -3.72. The Hall–Kier alpha value is -2.00. The summed E-state index contributed by atoms with van der Waals surface area (Å²) in [4.78, 5) is 22.2. The van der Waals surface area contributed by atoms with Gasteiger partial charge in [-0.2, -0.15) is 0 Å². The van der Waals surface area contributed by atoms with Crippen LogP contribution in [-0.4, -0.2) is 49.8 Å². The van der Waals surface area contributed by atoms with Crippen LogP contribution in [0, 0.1) is 11.7 Å². The molecule has 0 spiro atoms. The van der Waals surface area contributed by atoms with Gasteiger partial charge in [0.15, 0.2) is 0 Å². The molecule has 1 amide bonds. The zero-order chi connectivity index (χ0) is 19.0. The van der Waals surface area contributed by atoms with Crippen molar-refractivity contribution in [1.82, 2.24) is 9.62 Å². The van der Waals surface area contributed by atoms with Gasteiger partial charge >= 0.3 is 5.97 Å². The number of benzene rings is 1. The highest BCUT2D eigenvalue weighted by atomic mass is 32.2. The van der Waals surface area contributed by atoms with E-state index in [1.165, 1.54) is 19.2 Å². The molecule has 0 fully saturated rings. The lowest BCUT2D eigenvalue weighted by molar-refractivity contribution is -0.138. The summed E-state index contributed by atoms with van der Waals surface area (Å²) in [7, 11) is -2.33. The number of hydrogen-bond acceptors (Lipinski definition) is 4. The summed E-state index contributed by atoms with van der Waals surface area (Å²) in [6, 6.07) is 4.54. The van der Waals surface area contributed by atoms with Crippen molar-refractivity contribution in [3.8, 4) is 0 Å². The molecule has 9 heteroatoms. The van der Waals surface area contributed by atoms with E-state index in [-0.39, 0.29) is 42.7 Å². The smallest absolute Gasteiger partial charge is 0.303 e. The molecule has 0 aliphatic carbocycles. The lowest BCUT2D eigenvalue weighted by Gasteiger charge is -2.17. The topological polar surface area (TPSA) is 104 Å². The highest BCUT2D eigenvalue weighted by Gasteiger charge is 2.20. The molecular formula is C16H23FN2O5S. The summed E-state index contributed by atoms with van der Waals surface area (Å²) in [5.74, 6) is -1.88. The monoisotopic (exact) mass is 374 g/mol. The van der Waals surface area contributed by atoms with Gasteiger partial charge in [-0.1, -0.05) is 6.92 Å². The largest absolute Gasteiger partial charge is 0.481 e. The number of hydrogen-bond donors (Lipinski definition) is 2. The van der Waals surface area contributed by atoms with Crippen molar-refractivity contribution < 1.29 is 27.5 Å². The Morgan fingerprint density at radius 2 is 1.88 bits per heavy atom. The number of aliphatic carboxylic acids is 1. The zero-order valence-electron chi connectivity index (χ0n) is 14.2. The second-order valence-corrected chi connectivity index (χ2v) is 7.94. The van der Waals surface area contributed by atoms with Crippen molar-refractivity contribution in [2.45, 2.75) is 31.1 Å². The first kappa shape index (κ1) is 21.0. The molecule has 1 unspecified atom stereocenters. The second kappa shape index (κ2) is 9.47. The predicted molar refractivity (Wildman–Crippen MR) is 89.9 cm³/mol. The van der Waals surface area contributed by atoms with Crippen molar-refractivity contribution >= 4 is 21.9 Å². The minimum Gasteiger partial charge on any atom is -0.481 e. The maximum absolute atomic E-state index is 12.9. The van der Waals surface area contributed by atoms with Crippen LogP contribution < -0.4 is 5.32 Å². The Morgan fingerprint density at radius 1 is 1.28 bits per heavy atom. The van der Waals surface area contributed by atoms with Crippen molar-refractivity contribution in [2.24, 2.45) is 5.92 Å². The number of carbonyl (C=O) groups excluding carboxylic acids is 1. The van der Waals surface area contributed by atoms with Crippen molar-refractivity contribution in [1.29, 1.82) is 0 Å². The van der Waals surface area contributed by atoms with Gasteiger partial charge in [0.2, 0.25) is 15.9 Å². The first-order valence-electron chi connectivity index (χ1n) is 7.83. The number of rotatable bonds is 10. The highest BCUT2D eigenvalue weighted by Crippen LogP contribution is 2.15. The van der Waals surface area contributed by atoms with Crippen LogP contribution in [0.5, 0.6) is 0 Å². The number of sulfonamides is 1. The fraction of sp³-hybridized carbons (Fsp3) is 0.500. The van der Waals surface area contributed by atoms with Gasteiger partial charge in [-0.15, -0.1) is 0 Å². The Bertz CT molecular complexity index is 691. The molecule has 0 heterocycles. The van der Waals surface area contributed by atoms with E-state index in [2.05, 4.69) is 5.32 Å². The van der Waals surface area contributed by atoms with E-state index < -0.39 is 21.8 Å². The summed E-state index contributed by atoms with van der Waals surface area (Å²) in [6.45, 7) is 2.12. The number of nitrogens with zero attached hydrogens (tertiary/aromatic N) is 1. The van der Waals surface area contributed by atoms with E-state index in [0.29, 0.717) is 6.42 Å². The average molecular weight is 374 g/mol. The molecule has 7 nitrogen and oxygen atoms in total. The number of nitrogens with one attached hydrogen (secondary N) is 1. The van der Waals surface area contributed by atoms with Crippen LogP contribution in [0.2, 0.25) is 0 Å². The summed E-state index contributed by atoms with van der Waals surface area (Å²) >= 11 is 0. The van der Waals surface area contributed by atoms with Crippen LogP contribution in [0.4, 0.5) is 4.39 Å². The van der Waals surface area contributed by atoms with E-state index >= 15 is 0 Å². The number of carboxylic acids is 1. The van der Waals surface area contributed by atoms with Gasteiger partial charge < -0.3 is 10.4 Å². The Balaban J connectivity index is 2.40. The molecule has 0 saturated carbocycles. The quantitative estimate of drug-likeness (QED) is 0.645. The van der Waals surface area contributed by atoms with Crippen LogP contribution in [0.25, 0.3) is 0 Å². The van der Waals surface area contributed by atoms with E-state index in [4.69, 9.17) is 5.11 Å². The van der Waals surface area contributed by atoms with E-state index in [0.717, 1.165) is 16.4 Å². The van der Waals surface area contributed by atoms with Gasteiger partial charge in [0, 0.05) is 33.0 Å². The summed E-state index contributed by atoms with van der Waals surface area (Å²) in [5, 5.41) is 11.3. The standard InChI is InChI=1S/C16H23FN2O5S/c1-12(10-16(21)22)11-18-15(20)4-3-9-19(2)25(23,24)14-7-5-13(17)6-8-14/h5-8,12H,3-4,9-11H2,1-2H3,(H,18,20)(H,21,22). The SMILES string of the molecule is CC(CNC(=O)CCCN(C)S(=O)(=O)c1ccc(F)cc1)CC(=O)O. The van der Waals surface area contributed by atoms with Gasteiger partial charge in [-0.3, -0.25) is 9.59 Å². The van der Waals surface area contributed by atoms with E-state index in [1.54, 1.807) is 6.92 Å². The normalized spacial score (nSPS) is 12.8. The molecule has 0 aromatic heterocycles. The third-order valence-corrected chi connectivity index (χ3v) is 5.44. The molecule has 1 rings (SSSR count). The zero-order valence-corrected chi connectivity index (χ0v) is 15.1. The number of carbonyl (C=O) groups is 2. The van der Waals surface area contributed by atoms with Crippen LogP contribution in [0.15, 0.2) is 29.2 Å². The number of carboxylic acid groups (broad SMARTS) is 1. The summed E-state index contributed by atoms with van der Waals surface area (Å²) in [6.07, 6.45) is 0.415. The van der Waals surface area contributed by atoms with Gasteiger partial charge in [0.25, 0.3) is 0 Å². The third-order valence-electron chi connectivity index (χ3n) is 3.57. The number of amides is 1. The number of halogens is 1. The molecule has 140 valence electrons. The predicted octanol–water partition coefficient (Wildman–Crippen LogP) is 1.45. The second-order valence-electron chi connectivity index (χ2n) is 5.89. The first-order valence-corrected chi connectivity index (χ1v) is 9.27. The average Bonchev–Trinajstić information content (AvgIpc) is 2.52. The van der Waals surface area contributed by atoms with E-state index in [1.807, 2.05) is 0 Å². The van der Waals surface area contributed by atoms with Crippen LogP contribution in [0.1, 0.15) is 26.2 Å². The molecule has 0 radical (unpaired) electrons. The van der Waals surface area contributed by atoms with Crippen molar-refractivity contribution in [3.63, 3.8) is 0 Å². The fourth-order valence-electron chi connectivity index (χ4n) is 2.12. The maximum atomic E-state index is 12.9. The van der Waals surface area contributed by atoms with E-state index in [9.17, 15) is 22.4 Å². The van der Waals surface area contributed by atoms with Crippen LogP contribution >= 0.6 is 0 Å². The molecule has 0 saturated heterocycles. The molecule has 1 atom stereocenters. The minimum absolute atomic E-state index is 0.0108. The van der Waals surface area contributed by atoms with Crippen molar-refractivity contribution in [3.05, 3.63) is 30.1 Å². The molecule has 0 aliphatic heterocycles. The molecule has 1 aromatic carbocycles. The fourth-order valence-corrected chi connectivity index (χ4v) is 3.33. The lowest BCUT2D eigenvalue weighted by atomic mass is 10.1. The molecular weight excluding hydrogens is 351 g/mol. The van der Waals surface area contributed by atoms with Gasteiger partial charge in [-0.05, 0) is 36.6 Å². The molecule has 1 aromatic rings. The van der Waals surface area contributed by atoms with Crippen LogP contribution in [0.3, 0.4) is 0 Å². The van der Waals surface area contributed by atoms with Crippen LogP contribution in [-0.2, 0) is 19.6 Å². The molecule has 0 aliphatic rings. The Labute approximate surface area is 146 Å². The maximum Gasteiger partial charge on any atom is 0.303 e. The molecule has 2 N–H and O–H groups in total. The highest BCUT2D eigenvalue weighted by molar-refractivity contribution is 7.89. The van der Waals surface area contributed by atoms with Gasteiger partial charge in [0.05, 0.1) is 4.90 Å². The molecule has 0 bridgehead atoms. The Kier molecular flexibility index (Phi) is 7.98. The lowest BCUT2D eigenvalue weighted by Crippen LogP contribution is -2.31. The Morgan fingerprint density at radius 3 is 2.44 bits per heavy atom. The van der Waals surface area contributed by atoms with Gasteiger partial charge in [0.1, 0.15) is 5.82 Å². The van der Waals surface area contributed by atoms with Gasteiger partial charge in [-0.25, -0.2) is 17.1 Å². The van der Waals surface area contributed by atoms with Crippen molar-refractivity contribution in [2.75, 3.05) is 20.1 Å². The first-order chi connectivity index (χ1) is 11.6.